The second kappa shape index (κ2) is 5.03. The van der Waals surface area contributed by atoms with Gasteiger partial charge < -0.3 is 15.9 Å². The molecule has 1 rings (SSSR count). The average molecular weight is 209 g/mol. The normalized spacial score (nSPS) is 13.1. The molecule has 0 heterocycles. The van der Waals surface area contributed by atoms with Crippen molar-refractivity contribution in [3.05, 3.63) is 23.8 Å². The van der Waals surface area contributed by atoms with Crippen molar-refractivity contribution in [2.45, 2.75) is 32.7 Å². The van der Waals surface area contributed by atoms with E-state index in [0.717, 1.165) is 12.8 Å². The zero-order valence-electron chi connectivity index (χ0n) is 9.27. The standard InChI is InChI=1S/C12H19NO2/c1-8(2)3-5-11(13)10-7-9(14)4-6-12(10)15/h4,6-8,11,14-15H,3,5,13H2,1-2H3/t11-/m0/s1. The lowest BCUT2D eigenvalue weighted by atomic mass is 9.97. The summed E-state index contributed by atoms with van der Waals surface area (Å²) in [5.74, 6) is 0.891. The number of hydrogen-bond donors (Lipinski definition) is 3. The molecule has 0 aromatic heterocycles. The third-order valence-corrected chi connectivity index (χ3v) is 2.47. The fourth-order valence-corrected chi connectivity index (χ4v) is 1.51. The average Bonchev–Trinajstić information content (AvgIpc) is 2.18. The molecule has 0 spiro atoms. The van der Waals surface area contributed by atoms with Crippen LogP contribution in [0.4, 0.5) is 0 Å². The van der Waals surface area contributed by atoms with Gasteiger partial charge in [-0.2, -0.15) is 0 Å². The molecule has 0 aliphatic carbocycles. The van der Waals surface area contributed by atoms with Crippen LogP contribution < -0.4 is 5.73 Å². The van der Waals surface area contributed by atoms with E-state index in [1.165, 1.54) is 18.2 Å². The van der Waals surface area contributed by atoms with Gasteiger partial charge in [-0.3, -0.25) is 0 Å². The molecule has 1 aromatic carbocycles. The minimum absolute atomic E-state index is 0.141. The Bertz CT molecular complexity index is 323. The van der Waals surface area contributed by atoms with E-state index in [1.54, 1.807) is 0 Å². The number of hydrogen-bond acceptors (Lipinski definition) is 3. The molecule has 0 aliphatic rings. The predicted octanol–water partition coefficient (Wildman–Crippen LogP) is 2.53. The molecular formula is C12H19NO2. The minimum Gasteiger partial charge on any atom is -0.508 e. The van der Waals surface area contributed by atoms with Crippen LogP contribution in [0, 0.1) is 5.92 Å². The maximum Gasteiger partial charge on any atom is 0.120 e. The highest BCUT2D eigenvalue weighted by Crippen LogP contribution is 2.29. The van der Waals surface area contributed by atoms with E-state index in [9.17, 15) is 10.2 Å². The molecule has 3 heteroatoms. The summed E-state index contributed by atoms with van der Waals surface area (Å²) in [6, 6.07) is 4.24. The van der Waals surface area contributed by atoms with Gasteiger partial charge in [0.1, 0.15) is 11.5 Å². The van der Waals surface area contributed by atoms with Crippen molar-refractivity contribution in [1.29, 1.82) is 0 Å². The van der Waals surface area contributed by atoms with E-state index in [1.807, 2.05) is 0 Å². The first-order valence-corrected chi connectivity index (χ1v) is 5.28. The third kappa shape index (κ3) is 3.44. The molecule has 0 saturated heterocycles. The number of nitrogens with two attached hydrogens (primary N) is 1. The molecule has 0 aliphatic heterocycles. The topological polar surface area (TPSA) is 66.5 Å². The first-order valence-electron chi connectivity index (χ1n) is 5.28. The zero-order valence-corrected chi connectivity index (χ0v) is 9.27. The molecule has 84 valence electrons. The smallest absolute Gasteiger partial charge is 0.120 e. The van der Waals surface area contributed by atoms with Crippen LogP contribution in [0.1, 0.15) is 38.3 Å². The van der Waals surface area contributed by atoms with Gasteiger partial charge in [-0.05, 0) is 37.0 Å². The van der Waals surface area contributed by atoms with E-state index in [0.29, 0.717) is 11.5 Å². The van der Waals surface area contributed by atoms with Crippen LogP contribution in [0.15, 0.2) is 18.2 Å². The second-order valence-electron chi connectivity index (χ2n) is 4.32. The van der Waals surface area contributed by atoms with Gasteiger partial charge in [-0.25, -0.2) is 0 Å². The van der Waals surface area contributed by atoms with E-state index in [4.69, 9.17) is 5.73 Å². The number of aromatic hydroxyl groups is 2. The summed E-state index contributed by atoms with van der Waals surface area (Å²) >= 11 is 0. The molecule has 3 nitrogen and oxygen atoms in total. The first-order chi connectivity index (χ1) is 7.00. The van der Waals surface area contributed by atoms with Gasteiger partial charge in [0.15, 0.2) is 0 Å². The van der Waals surface area contributed by atoms with E-state index >= 15 is 0 Å². The summed E-state index contributed by atoms with van der Waals surface area (Å²) in [6.45, 7) is 4.27. The summed E-state index contributed by atoms with van der Waals surface area (Å²) in [6.07, 6.45) is 1.82. The largest absolute Gasteiger partial charge is 0.508 e. The van der Waals surface area contributed by atoms with Crippen molar-refractivity contribution in [1.82, 2.24) is 0 Å². The predicted molar refractivity (Wildman–Crippen MR) is 60.8 cm³/mol. The number of rotatable bonds is 4. The molecule has 0 fully saturated rings. The Morgan fingerprint density at radius 1 is 1.20 bits per heavy atom. The number of phenols is 2. The van der Waals surface area contributed by atoms with Crippen molar-refractivity contribution in [3.8, 4) is 11.5 Å². The Morgan fingerprint density at radius 3 is 2.47 bits per heavy atom. The quantitative estimate of drug-likeness (QED) is 0.667. The Morgan fingerprint density at radius 2 is 1.87 bits per heavy atom. The Hall–Kier alpha value is -1.22. The van der Waals surface area contributed by atoms with Gasteiger partial charge in [0.2, 0.25) is 0 Å². The SMILES string of the molecule is CC(C)CC[C@H](N)c1cc(O)ccc1O. The molecule has 0 bridgehead atoms. The Labute approximate surface area is 90.5 Å². The molecule has 0 unspecified atom stereocenters. The van der Waals surface area contributed by atoms with Gasteiger partial charge in [0, 0.05) is 11.6 Å². The van der Waals surface area contributed by atoms with Crippen molar-refractivity contribution in [2.75, 3.05) is 0 Å². The first kappa shape index (κ1) is 11.9. The van der Waals surface area contributed by atoms with Gasteiger partial charge >= 0.3 is 0 Å². The molecule has 1 atom stereocenters. The van der Waals surface area contributed by atoms with Crippen LogP contribution in [-0.2, 0) is 0 Å². The lowest BCUT2D eigenvalue weighted by Crippen LogP contribution is -2.11. The van der Waals surface area contributed by atoms with Gasteiger partial charge in [0.05, 0.1) is 0 Å². The number of phenolic OH excluding ortho intramolecular Hbond substituents is 2. The third-order valence-electron chi connectivity index (χ3n) is 2.47. The second-order valence-corrected chi connectivity index (χ2v) is 4.32. The van der Waals surface area contributed by atoms with Gasteiger partial charge in [-0.1, -0.05) is 13.8 Å². The van der Waals surface area contributed by atoms with Crippen LogP contribution in [0.25, 0.3) is 0 Å². The highest BCUT2D eigenvalue weighted by Gasteiger charge is 2.12. The lowest BCUT2D eigenvalue weighted by Gasteiger charge is -2.15. The van der Waals surface area contributed by atoms with Crippen LogP contribution in [-0.4, -0.2) is 10.2 Å². The van der Waals surface area contributed by atoms with Crippen LogP contribution in [0.3, 0.4) is 0 Å². The van der Waals surface area contributed by atoms with E-state index < -0.39 is 0 Å². The van der Waals surface area contributed by atoms with Crippen molar-refractivity contribution < 1.29 is 10.2 Å². The lowest BCUT2D eigenvalue weighted by molar-refractivity contribution is 0.438. The molecule has 0 radical (unpaired) electrons. The number of benzene rings is 1. The summed E-state index contributed by atoms with van der Waals surface area (Å²) < 4.78 is 0. The van der Waals surface area contributed by atoms with Gasteiger partial charge in [-0.15, -0.1) is 0 Å². The van der Waals surface area contributed by atoms with E-state index in [-0.39, 0.29) is 17.5 Å². The zero-order chi connectivity index (χ0) is 11.4. The van der Waals surface area contributed by atoms with Crippen molar-refractivity contribution in [2.24, 2.45) is 11.7 Å². The molecule has 0 amide bonds. The van der Waals surface area contributed by atoms with Crippen LogP contribution >= 0.6 is 0 Å². The van der Waals surface area contributed by atoms with Gasteiger partial charge in [0.25, 0.3) is 0 Å². The monoisotopic (exact) mass is 209 g/mol. The summed E-state index contributed by atoms with van der Waals surface area (Å²) in [5, 5.41) is 18.9. The highest BCUT2D eigenvalue weighted by molar-refractivity contribution is 5.40. The molecule has 4 N–H and O–H groups in total. The van der Waals surface area contributed by atoms with Crippen LogP contribution in [0.2, 0.25) is 0 Å². The fraction of sp³-hybridized carbons (Fsp3) is 0.500. The van der Waals surface area contributed by atoms with E-state index in [2.05, 4.69) is 13.8 Å². The maximum absolute atomic E-state index is 9.58. The minimum atomic E-state index is -0.209. The summed E-state index contributed by atoms with van der Waals surface area (Å²) in [5.41, 5.74) is 6.56. The van der Waals surface area contributed by atoms with Crippen molar-refractivity contribution in [3.63, 3.8) is 0 Å². The molecule has 1 aromatic rings. The van der Waals surface area contributed by atoms with Crippen LogP contribution in [0.5, 0.6) is 11.5 Å². The Balaban J connectivity index is 2.72. The fourth-order valence-electron chi connectivity index (χ4n) is 1.51. The molecule has 15 heavy (non-hydrogen) atoms. The Kier molecular flexibility index (Phi) is 3.97. The highest BCUT2D eigenvalue weighted by atomic mass is 16.3. The maximum atomic E-state index is 9.58. The summed E-state index contributed by atoms with van der Waals surface area (Å²) in [4.78, 5) is 0. The molecular weight excluding hydrogens is 190 g/mol. The molecule has 0 saturated carbocycles. The summed E-state index contributed by atoms with van der Waals surface area (Å²) in [7, 11) is 0. The van der Waals surface area contributed by atoms with Crippen molar-refractivity contribution >= 4 is 0 Å².